The molecule has 0 radical (unpaired) electrons. The largest absolute Gasteiger partial charge is 0.481 e. The fraction of sp³-hybridized carbons (Fsp3) is 0.800. The third-order valence-corrected chi connectivity index (χ3v) is 2.56. The number of rotatable bonds is 6. The van der Waals surface area contributed by atoms with Gasteiger partial charge in [0.05, 0.1) is 13.0 Å². The van der Waals surface area contributed by atoms with Gasteiger partial charge in [-0.05, 0) is 12.8 Å². The second kappa shape index (κ2) is 5.69. The second-order valence-corrected chi connectivity index (χ2v) is 4.00. The van der Waals surface area contributed by atoms with Crippen LogP contribution in [0.5, 0.6) is 0 Å². The molecule has 0 heterocycles. The van der Waals surface area contributed by atoms with E-state index in [4.69, 9.17) is 10.2 Å². The van der Waals surface area contributed by atoms with Crippen LogP contribution < -0.4 is 0 Å². The molecule has 16 heavy (non-hydrogen) atoms. The average molecular weight is 230 g/mol. The zero-order valence-electron chi connectivity index (χ0n) is 9.43. The van der Waals surface area contributed by atoms with Crippen LogP contribution in [0.3, 0.4) is 0 Å². The Morgan fingerprint density at radius 2 is 1.94 bits per heavy atom. The van der Waals surface area contributed by atoms with Gasteiger partial charge in [0, 0.05) is 26.2 Å². The van der Waals surface area contributed by atoms with E-state index in [-0.39, 0.29) is 31.6 Å². The molecule has 0 aromatic heterocycles. The number of aliphatic hydroxyl groups excluding tert-OH is 1. The van der Waals surface area contributed by atoms with E-state index in [1.54, 1.807) is 11.9 Å². The first-order valence-electron chi connectivity index (χ1n) is 5.40. The first kappa shape index (κ1) is 12.8. The molecule has 0 bridgehead atoms. The quantitative estimate of drug-likeness (QED) is 0.671. The molecule has 0 saturated heterocycles. The molecule has 1 saturated carbocycles. The Hall–Kier alpha value is -1.30. The lowest BCUT2D eigenvalue weighted by Gasteiger charge is -2.27. The van der Waals surface area contributed by atoms with Crippen LogP contribution in [0.15, 0.2) is 0 Å². The van der Waals surface area contributed by atoms with Crippen molar-refractivity contribution in [3.8, 4) is 0 Å². The van der Waals surface area contributed by atoms with Crippen molar-refractivity contribution in [1.82, 2.24) is 9.80 Å². The van der Waals surface area contributed by atoms with Crippen LogP contribution in [-0.2, 0) is 4.79 Å². The maximum Gasteiger partial charge on any atom is 0.320 e. The molecule has 1 fully saturated rings. The zero-order valence-corrected chi connectivity index (χ0v) is 9.43. The van der Waals surface area contributed by atoms with Crippen molar-refractivity contribution in [2.24, 2.45) is 0 Å². The van der Waals surface area contributed by atoms with Gasteiger partial charge in [0.25, 0.3) is 0 Å². The summed E-state index contributed by atoms with van der Waals surface area (Å²) in [4.78, 5) is 25.3. The fourth-order valence-corrected chi connectivity index (χ4v) is 1.51. The summed E-state index contributed by atoms with van der Waals surface area (Å²) in [5.41, 5.74) is 0. The van der Waals surface area contributed by atoms with Gasteiger partial charge in [0.2, 0.25) is 0 Å². The monoisotopic (exact) mass is 230 g/mol. The maximum absolute atomic E-state index is 11.9. The molecule has 2 amide bonds. The number of carbonyl (C=O) groups excluding carboxylic acids is 1. The molecule has 0 aromatic carbocycles. The lowest BCUT2D eigenvalue weighted by molar-refractivity contribution is -0.137. The van der Waals surface area contributed by atoms with E-state index in [0.717, 1.165) is 12.8 Å². The van der Waals surface area contributed by atoms with E-state index in [1.807, 2.05) is 0 Å². The lowest BCUT2D eigenvalue weighted by atomic mass is 10.4. The molecule has 6 heteroatoms. The minimum Gasteiger partial charge on any atom is -0.481 e. The molecule has 1 rings (SSSR count). The van der Waals surface area contributed by atoms with Crippen molar-refractivity contribution in [3.63, 3.8) is 0 Å². The summed E-state index contributed by atoms with van der Waals surface area (Å²) in [6.07, 6.45) is 1.89. The van der Waals surface area contributed by atoms with Gasteiger partial charge in [-0.2, -0.15) is 0 Å². The molecule has 0 spiro atoms. The summed E-state index contributed by atoms with van der Waals surface area (Å²) in [6, 6.07) is 0.0322. The predicted molar refractivity (Wildman–Crippen MR) is 57.1 cm³/mol. The average Bonchev–Trinajstić information content (AvgIpc) is 3.05. The van der Waals surface area contributed by atoms with Crippen LogP contribution in [-0.4, -0.2) is 64.8 Å². The summed E-state index contributed by atoms with van der Waals surface area (Å²) >= 11 is 0. The zero-order chi connectivity index (χ0) is 12.1. The van der Waals surface area contributed by atoms with Crippen molar-refractivity contribution < 1.29 is 19.8 Å². The van der Waals surface area contributed by atoms with Gasteiger partial charge in [-0.15, -0.1) is 0 Å². The molecule has 1 aliphatic carbocycles. The van der Waals surface area contributed by atoms with Gasteiger partial charge in [-0.3, -0.25) is 4.79 Å². The molecule has 0 aromatic rings. The Bertz CT molecular complexity index is 266. The summed E-state index contributed by atoms with van der Waals surface area (Å²) < 4.78 is 0. The van der Waals surface area contributed by atoms with Gasteiger partial charge in [-0.25, -0.2) is 4.79 Å². The van der Waals surface area contributed by atoms with E-state index in [9.17, 15) is 9.59 Å². The molecular weight excluding hydrogens is 212 g/mol. The standard InChI is InChI=1S/C10H18N2O4/c1-11(5-4-9(14)15)10(16)12(6-7-13)8-2-3-8/h8,13H,2-7H2,1H3,(H,14,15). The minimum atomic E-state index is -0.917. The number of hydrogen-bond acceptors (Lipinski definition) is 3. The highest BCUT2D eigenvalue weighted by Crippen LogP contribution is 2.27. The lowest BCUT2D eigenvalue weighted by Crippen LogP contribution is -2.44. The van der Waals surface area contributed by atoms with E-state index < -0.39 is 5.97 Å². The number of urea groups is 1. The fourth-order valence-electron chi connectivity index (χ4n) is 1.51. The van der Waals surface area contributed by atoms with Crippen LogP contribution >= 0.6 is 0 Å². The molecule has 0 aliphatic heterocycles. The Morgan fingerprint density at radius 1 is 1.31 bits per heavy atom. The topological polar surface area (TPSA) is 81.1 Å². The van der Waals surface area contributed by atoms with Crippen LogP contribution in [0.25, 0.3) is 0 Å². The SMILES string of the molecule is CN(CCC(=O)O)C(=O)N(CCO)C1CC1. The molecule has 92 valence electrons. The third kappa shape index (κ3) is 3.69. The Kier molecular flexibility index (Phi) is 4.54. The Balaban J connectivity index is 2.42. The van der Waals surface area contributed by atoms with Crippen LogP contribution in [0.4, 0.5) is 4.79 Å². The summed E-state index contributed by atoms with van der Waals surface area (Å²) in [5.74, 6) is -0.917. The normalized spacial score (nSPS) is 14.6. The van der Waals surface area contributed by atoms with Crippen molar-refractivity contribution in [2.45, 2.75) is 25.3 Å². The third-order valence-electron chi connectivity index (χ3n) is 2.56. The van der Waals surface area contributed by atoms with E-state index in [2.05, 4.69) is 0 Å². The van der Waals surface area contributed by atoms with Crippen molar-refractivity contribution >= 4 is 12.0 Å². The second-order valence-electron chi connectivity index (χ2n) is 4.00. The Labute approximate surface area is 94.4 Å². The number of carboxylic acid groups (broad SMARTS) is 1. The van der Waals surface area contributed by atoms with Gasteiger partial charge < -0.3 is 20.0 Å². The van der Waals surface area contributed by atoms with Crippen LogP contribution in [0.2, 0.25) is 0 Å². The maximum atomic E-state index is 11.9. The van der Waals surface area contributed by atoms with Crippen LogP contribution in [0, 0.1) is 0 Å². The number of aliphatic carboxylic acids is 1. The molecule has 0 unspecified atom stereocenters. The highest BCUT2D eigenvalue weighted by molar-refractivity contribution is 5.75. The number of amides is 2. The van der Waals surface area contributed by atoms with Gasteiger partial charge >= 0.3 is 12.0 Å². The highest BCUT2D eigenvalue weighted by atomic mass is 16.4. The van der Waals surface area contributed by atoms with Crippen molar-refractivity contribution in [1.29, 1.82) is 0 Å². The number of carboxylic acids is 1. The molecule has 6 nitrogen and oxygen atoms in total. The first-order valence-corrected chi connectivity index (χ1v) is 5.40. The van der Waals surface area contributed by atoms with Gasteiger partial charge in [0.1, 0.15) is 0 Å². The van der Waals surface area contributed by atoms with Crippen molar-refractivity contribution in [2.75, 3.05) is 26.7 Å². The summed E-state index contributed by atoms with van der Waals surface area (Å²) in [6.45, 7) is 0.457. The summed E-state index contributed by atoms with van der Waals surface area (Å²) in [7, 11) is 1.58. The van der Waals surface area contributed by atoms with Crippen LogP contribution in [0.1, 0.15) is 19.3 Å². The predicted octanol–water partition coefficient (Wildman–Crippen LogP) is -0.0304. The first-order chi connectivity index (χ1) is 7.56. The number of hydrogen-bond donors (Lipinski definition) is 2. The Morgan fingerprint density at radius 3 is 2.38 bits per heavy atom. The van der Waals surface area contributed by atoms with Gasteiger partial charge in [0.15, 0.2) is 0 Å². The highest BCUT2D eigenvalue weighted by Gasteiger charge is 2.33. The van der Waals surface area contributed by atoms with Crippen molar-refractivity contribution in [3.05, 3.63) is 0 Å². The van der Waals surface area contributed by atoms with E-state index >= 15 is 0 Å². The summed E-state index contributed by atoms with van der Waals surface area (Å²) in [5, 5.41) is 17.4. The molecule has 0 atom stereocenters. The minimum absolute atomic E-state index is 0.0557. The molecular formula is C10H18N2O4. The van der Waals surface area contributed by atoms with E-state index in [1.165, 1.54) is 4.90 Å². The number of nitrogens with zero attached hydrogens (tertiary/aromatic N) is 2. The molecule has 1 aliphatic rings. The van der Waals surface area contributed by atoms with E-state index in [0.29, 0.717) is 6.54 Å². The number of carbonyl (C=O) groups is 2. The molecule has 2 N–H and O–H groups in total. The van der Waals surface area contributed by atoms with Gasteiger partial charge in [-0.1, -0.05) is 0 Å². The smallest absolute Gasteiger partial charge is 0.320 e. The number of aliphatic hydroxyl groups is 1.